The van der Waals surface area contributed by atoms with E-state index in [1.807, 2.05) is 61.5 Å². The van der Waals surface area contributed by atoms with Gasteiger partial charge in [-0.05, 0) is 59.4 Å². The average molecular weight is 472 g/mol. The number of nitrogens with zero attached hydrogens (tertiary/aromatic N) is 1. The summed E-state index contributed by atoms with van der Waals surface area (Å²) in [5.74, 6) is -0.437. The fourth-order valence-corrected chi connectivity index (χ4v) is 4.84. The molecule has 3 aromatic rings. The first-order valence-corrected chi connectivity index (χ1v) is 12.4. The number of carbonyl (C=O) groups excluding carboxylic acids is 2. The van der Waals surface area contributed by atoms with Crippen LogP contribution in [-0.2, 0) is 9.59 Å². The maximum absolute atomic E-state index is 13.4. The normalized spacial score (nSPS) is 17.5. The van der Waals surface area contributed by atoms with Gasteiger partial charge < -0.3 is 14.7 Å². The number of hydrogen-bond acceptors (Lipinski definition) is 4. The first-order valence-electron chi connectivity index (χ1n) is 12.4. The van der Waals surface area contributed by atoms with E-state index in [1.165, 1.54) is 0 Å². The van der Waals surface area contributed by atoms with Crippen molar-refractivity contribution in [2.75, 3.05) is 13.2 Å². The van der Waals surface area contributed by atoms with Crippen LogP contribution in [0.5, 0.6) is 5.75 Å². The van der Waals surface area contributed by atoms with Gasteiger partial charge in [-0.15, -0.1) is 0 Å². The van der Waals surface area contributed by atoms with E-state index >= 15 is 0 Å². The Morgan fingerprint density at radius 3 is 2.49 bits per heavy atom. The number of amides is 1. The lowest BCUT2D eigenvalue weighted by atomic mass is 9.90. The first kappa shape index (κ1) is 24.5. The first-order chi connectivity index (χ1) is 16.9. The SMILES string of the molecule is CCCCN1C(=O)C(=O)/C(=C(/O)c2ccc(OCC)c(C(C)C)c2)C1c1cccc2ccccc12. The third-order valence-corrected chi connectivity index (χ3v) is 6.62. The quantitative estimate of drug-likeness (QED) is 0.229. The van der Waals surface area contributed by atoms with Crippen molar-refractivity contribution in [2.45, 2.75) is 52.5 Å². The number of hydrogen-bond donors (Lipinski definition) is 1. The number of benzene rings is 3. The second-order valence-corrected chi connectivity index (χ2v) is 9.25. The molecule has 0 bridgehead atoms. The zero-order valence-corrected chi connectivity index (χ0v) is 20.9. The standard InChI is InChI=1S/C30H33NO4/c1-5-7-17-31-27(23-14-10-12-20-11-8-9-13-22(20)23)26(29(33)30(31)34)28(32)21-15-16-25(35-6-2)24(18-21)19(3)4/h8-16,18-19,27,32H,5-7,17H2,1-4H3/b28-26+. The predicted octanol–water partition coefficient (Wildman–Crippen LogP) is 6.58. The van der Waals surface area contributed by atoms with Gasteiger partial charge in [0.05, 0.1) is 18.2 Å². The highest BCUT2D eigenvalue weighted by molar-refractivity contribution is 6.46. The molecule has 4 rings (SSSR count). The topological polar surface area (TPSA) is 66.8 Å². The Hall–Kier alpha value is -3.60. The number of Topliss-reactive ketones (excluding diaryl/α,β-unsaturated/α-hetero) is 1. The highest BCUT2D eigenvalue weighted by atomic mass is 16.5. The Morgan fingerprint density at radius 2 is 1.77 bits per heavy atom. The van der Waals surface area contributed by atoms with Crippen molar-refractivity contribution >= 4 is 28.2 Å². The largest absolute Gasteiger partial charge is 0.507 e. The molecule has 1 aliphatic heterocycles. The third kappa shape index (κ3) is 4.55. The summed E-state index contributed by atoms with van der Waals surface area (Å²) in [6, 6.07) is 18.6. The molecule has 182 valence electrons. The van der Waals surface area contributed by atoms with E-state index in [2.05, 4.69) is 20.8 Å². The van der Waals surface area contributed by atoms with E-state index in [4.69, 9.17) is 4.74 Å². The summed E-state index contributed by atoms with van der Waals surface area (Å²) < 4.78 is 5.77. The van der Waals surface area contributed by atoms with Crippen LogP contribution in [0.1, 0.15) is 69.2 Å². The van der Waals surface area contributed by atoms with Gasteiger partial charge in [-0.3, -0.25) is 9.59 Å². The van der Waals surface area contributed by atoms with Gasteiger partial charge in [0, 0.05) is 12.1 Å². The molecule has 1 fully saturated rings. The van der Waals surface area contributed by atoms with E-state index in [0.717, 1.165) is 40.5 Å². The van der Waals surface area contributed by atoms with Crippen LogP contribution >= 0.6 is 0 Å². The Labute approximate surface area is 207 Å². The van der Waals surface area contributed by atoms with Crippen LogP contribution in [0.2, 0.25) is 0 Å². The van der Waals surface area contributed by atoms with Crippen molar-refractivity contribution in [3.8, 4) is 5.75 Å². The number of likely N-dealkylation sites (tertiary alicyclic amines) is 1. The minimum Gasteiger partial charge on any atom is -0.507 e. The monoisotopic (exact) mass is 471 g/mol. The molecule has 1 aliphatic rings. The van der Waals surface area contributed by atoms with Crippen LogP contribution in [0.3, 0.4) is 0 Å². The lowest BCUT2D eigenvalue weighted by Gasteiger charge is -2.26. The van der Waals surface area contributed by atoms with Crippen molar-refractivity contribution in [1.82, 2.24) is 4.90 Å². The number of unbranched alkanes of at least 4 members (excludes halogenated alkanes) is 1. The molecule has 1 saturated heterocycles. The smallest absolute Gasteiger partial charge is 0.295 e. The van der Waals surface area contributed by atoms with Crippen LogP contribution in [0.15, 0.2) is 66.2 Å². The van der Waals surface area contributed by atoms with E-state index in [9.17, 15) is 14.7 Å². The fourth-order valence-electron chi connectivity index (χ4n) is 4.84. The Balaban J connectivity index is 1.93. The molecular formula is C30H33NO4. The Bertz CT molecular complexity index is 1290. The van der Waals surface area contributed by atoms with Gasteiger partial charge in [-0.1, -0.05) is 69.7 Å². The van der Waals surface area contributed by atoms with Gasteiger partial charge in [0.25, 0.3) is 11.7 Å². The highest BCUT2D eigenvalue weighted by Gasteiger charge is 2.46. The molecule has 0 aliphatic carbocycles. The van der Waals surface area contributed by atoms with Crippen molar-refractivity contribution in [3.05, 3.63) is 82.9 Å². The van der Waals surface area contributed by atoms with Gasteiger partial charge in [-0.25, -0.2) is 0 Å². The molecule has 1 amide bonds. The second-order valence-electron chi connectivity index (χ2n) is 9.25. The van der Waals surface area contributed by atoms with Crippen LogP contribution in [0, 0.1) is 0 Å². The zero-order valence-electron chi connectivity index (χ0n) is 20.9. The number of fused-ring (bicyclic) bond motifs is 1. The molecule has 5 nitrogen and oxygen atoms in total. The summed E-state index contributed by atoms with van der Waals surface area (Å²) in [4.78, 5) is 28.2. The van der Waals surface area contributed by atoms with Gasteiger partial charge in [-0.2, -0.15) is 0 Å². The number of aliphatic hydroxyl groups is 1. The molecule has 1 atom stereocenters. The molecule has 5 heteroatoms. The summed E-state index contributed by atoms with van der Waals surface area (Å²) in [7, 11) is 0. The van der Waals surface area contributed by atoms with E-state index in [0.29, 0.717) is 18.7 Å². The molecule has 0 radical (unpaired) electrons. The van der Waals surface area contributed by atoms with Crippen LogP contribution in [-0.4, -0.2) is 34.8 Å². The molecule has 1 N–H and O–H groups in total. The number of rotatable bonds is 8. The van der Waals surface area contributed by atoms with Crippen molar-refractivity contribution in [2.24, 2.45) is 0 Å². The summed E-state index contributed by atoms with van der Waals surface area (Å²) in [5.41, 5.74) is 2.44. The van der Waals surface area contributed by atoms with Crippen molar-refractivity contribution in [3.63, 3.8) is 0 Å². The Morgan fingerprint density at radius 1 is 1.03 bits per heavy atom. The van der Waals surface area contributed by atoms with Crippen LogP contribution in [0.4, 0.5) is 0 Å². The molecule has 3 aromatic carbocycles. The average Bonchev–Trinajstić information content (AvgIpc) is 3.11. The van der Waals surface area contributed by atoms with E-state index in [-0.39, 0.29) is 17.3 Å². The maximum atomic E-state index is 13.4. The van der Waals surface area contributed by atoms with Crippen LogP contribution in [0.25, 0.3) is 16.5 Å². The molecule has 0 spiro atoms. The predicted molar refractivity (Wildman–Crippen MR) is 140 cm³/mol. The lowest BCUT2D eigenvalue weighted by Crippen LogP contribution is -2.30. The zero-order chi connectivity index (χ0) is 25.1. The number of aliphatic hydroxyl groups excluding tert-OH is 1. The van der Waals surface area contributed by atoms with Crippen molar-refractivity contribution in [1.29, 1.82) is 0 Å². The number of ether oxygens (including phenoxy) is 1. The Kier molecular flexibility index (Phi) is 7.25. The molecule has 1 unspecified atom stereocenters. The van der Waals surface area contributed by atoms with Gasteiger partial charge in [0.15, 0.2) is 0 Å². The third-order valence-electron chi connectivity index (χ3n) is 6.62. The summed E-state index contributed by atoms with van der Waals surface area (Å²) in [5, 5.41) is 13.5. The second kappa shape index (κ2) is 10.3. The number of carbonyl (C=O) groups is 2. The number of ketones is 1. The molecule has 0 aromatic heterocycles. The van der Waals surface area contributed by atoms with E-state index < -0.39 is 17.7 Å². The maximum Gasteiger partial charge on any atom is 0.295 e. The van der Waals surface area contributed by atoms with Crippen LogP contribution < -0.4 is 4.74 Å². The molecule has 0 saturated carbocycles. The molecular weight excluding hydrogens is 438 g/mol. The van der Waals surface area contributed by atoms with Gasteiger partial charge in [0.1, 0.15) is 11.5 Å². The van der Waals surface area contributed by atoms with Gasteiger partial charge in [0.2, 0.25) is 0 Å². The van der Waals surface area contributed by atoms with Crippen molar-refractivity contribution < 1.29 is 19.4 Å². The summed E-state index contributed by atoms with van der Waals surface area (Å²) >= 11 is 0. The minimum atomic E-state index is -0.651. The van der Waals surface area contributed by atoms with E-state index in [1.54, 1.807) is 11.0 Å². The molecule has 1 heterocycles. The minimum absolute atomic E-state index is 0.140. The highest BCUT2D eigenvalue weighted by Crippen LogP contribution is 2.42. The summed E-state index contributed by atoms with van der Waals surface area (Å²) in [6.07, 6.45) is 1.66. The fraction of sp³-hybridized carbons (Fsp3) is 0.333. The summed E-state index contributed by atoms with van der Waals surface area (Å²) in [6.45, 7) is 9.08. The van der Waals surface area contributed by atoms with Gasteiger partial charge >= 0.3 is 0 Å². The lowest BCUT2D eigenvalue weighted by molar-refractivity contribution is -0.139. The molecule has 35 heavy (non-hydrogen) atoms.